The van der Waals surface area contributed by atoms with Crippen molar-refractivity contribution in [2.45, 2.75) is 89.5 Å². The summed E-state index contributed by atoms with van der Waals surface area (Å²) in [5.74, 6) is 0.311. The minimum atomic E-state index is -1.02. The topological polar surface area (TPSA) is 66.8 Å². The highest BCUT2D eigenvalue weighted by Crippen LogP contribution is 2.51. The zero-order chi connectivity index (χ0) is 23.2. The lowest BCUT2D eigenvalue weighted by atomic mass is 9.60. The van der Waals surface area contributed by atoms with Crippen LogP contribution in [0.3, 0.4) is 0 Å². The molecule has 0 spiro atoms. The molecule has 1 N–H and O–H groups in total. The van der Waals surface area contributed by atoms with E-state index in [1.165, 1.54) is 49.5 Å². The number of rotatable bonds is 7. The number of amides is 1. The highest BCUT2D eigenvalue weighted by Gasteiger charge is 2.42. The number of fused-ring (bicyclic) bond motifs is 2. The second kappa shape index (κ2) is 8.92. The standard InChI is InChI=1S/C27H36FNO4/c1-2-27(14-17-5-3-6-18(11-17)15-27)16-33-24-13-22(28)21(12-20(24)19-8-9-19)25(30)29-10-4-7-23(29)26(31)32/h12-13,17-19,23H,2-11,14-16H2,1H3,(H,31,32)/t17?,18?,23-,27?/m0/s1. The average Bonchev–Trinajstić information content (AvgIpc) is 3.51. The molecule has 180 valence electrons. The van der Waals surface area contributed by atoms with Gasteiger partial charge in [0.05, 0.1) is 12.2 Å². The number of hydrogen-bond donors (Lipinski definition) is 1. The fraction of sp³-hybridized carbons (Fsp3) is 0.704. The molecule has 0 aromatic heterocycles. The van der Waals surface area contributed by atoms with Crippen molar-refractivity contribution in [3.05, 3.63) is 29.1 Å². The Kier molecular flexibility index (Phi) is 6.13. The summed E-state index contributed by atoms with van der Waals surface area (Å²) in [5, 5.41) is 9.44. The van der Waals surface area contributed by atoms with Gasteiger partial charge in [0, 0.05) is 18.0 Å². The number of aliphatic carboxylic acids is 1. The molecule has 1 aromatic carbocycles. The summed E-state index contributed by atoms with van der Waals surface area (Å²) >= 11 is 0. The average molecular weight is 458 g/mol. The van der Waals surface area contributed by atoms with E-state index in [0.29, 0.717) is 37.7 Å². The molecule has 5 nitrogen and oxygen atoms in total. The summed E-state index contributed by atoms with van der Waals surface area (Å²) in [5.41, 5.74) is 1.05. The number of carbonyl (C=O) groups is 2. The lowest BCUT2D eigenvalue weighted by Gasteiger charge is -2.47. The second-order valence-corrected chi connectivity index (χ2v) is 11.1. The minimum Gasteiger partial charge on any atom is -0.493 e. The van der Waals surface area contributed by atoms with Crippen LogP contribution >= 0.6 is 0 Å². The molecule has 1 saturated heterocycles. The Labute approximate surface area is 195 Å². The zero-order valence-corrected chi connectivity index (χ0v) is 19.7. The Morgan fingerprint density at radius 2 is 1.85 bits per heavy atom. The fourth-order valence-electron chi connectivity index (χ4n) is 6.82. The van der Waals surface area contributed by atoms with Gasteiger partial charge in [-0.2, -0.15) is 0 Å². The van der Waals surface area contributed by atoms with Crippen LogP contribution in [0.15, 0.2) is 12.1 Å². The number of carbonyl (C=O) groups excluding carboxylic acids is 1. The third-order valence-corrected chi connectivity index (χ3v) is 8.76. The van der Waals surface area contributed by atoms with Crippen LogP contribution in [0, 0.1) is 23.1 Å². The van der Waals surface area contributed by atoms with Gasteiger partial charge < -0.3 is 14.7 Å². The van der Waals surface area contributed by atoms with E-state index in [1.807, 2.05) is 0 Å². The van der Waals surface area contributed by atoms with Gasteiger partial charge in [0.2, 0.25) is 0 Å². The highest BCUT2D eigenvalue weighted by molar-refractivity contribution is 5.97. The number of halogens is 1. The Morgan fingerprint density at radius 1 is 1.12 bits per heavy atom. The first-order valence-electron chi connectivity index (χ1n) is 12.9. The van der Waals surface area contributed by atoms with Crippen molar-refractivity contribution in [3.63, 3.8) is 0 Å². The van der Waals surface area contributed by atoms with Crippen LogP contribution in [-0.4, -0.2) is 41.1 Å². The first kappa shape index (κ1) is 22.7. The van der Waals surface area contributed by atoms with Gasteiger partial charge in [-0.25, -0.2) is 9.18 Å². The first-order valence-corrected chi connectivity index (χ1v) is 12.9. The predicted octanol–water partition coefficient (Wildman–Crippen LogP) is 5.77. The Hall–Kier alpha value is -2.11. The van der Waals surface area contributed by atoms with Crippen molar-refractivity contribution in [3.8, 4) is 5.75 Å². The van der Waals surface area contributed by atoms with Gasteiger partial charge in [-0.3, -0.25) is 4.79 Å². The van der Waals surface area contributed by atoms with Crippen molar-refractivity contribution in [1.29, 1.82) is 0 Å². The number of ether oxygens (including phenoxy) is 1. The fourth-order valence-corrected chi connectivity index (χ4v) is 6.82. The van der Waals surface area contributed by atoms with Crippen LogP contribution in [0.25, 0.3) is 0 Å². The summed E-state index contributed by atoms with van der Waals surface area (Å²) in [7, 11) is 0. The Morgan fingerprint density at radius 3 is 2.48 bits per heavy atom. The molecule has 6 heteroatoms. The maximum absolute atomic E-state index is 15.2. The molecular weight excluding hydrogens is 421 g/mol. The molecule has 3 atom stereocenters. The number of carboxylic acid groups (broad SMARTS) is 1. The van der Waals surface area contributed by atoms with E-state index >= 15 is 4.39 Å². The maximum atomic E-state index is 15.2. The van der Waals surface area contributed by atoms with Gasteiger partial charge >= 0.3 is 5.97 Å². The molecule has 1 aliphatic heterocycles. The van der Waals surface area contributed by atoms with Gasteiger partial charge in [-0.1, -0.05) is 26.2 Å². The molecule has 2 unspecified atom stereocenters. The Balaban J connectivity index is 1.37. The van der Waals surface area contributed by atoms with Crippen molar-refractivity contribution >= 4 is 11.9 Å². The summed E-state index contributed by atoms with van der Waals surface area (Å²) in [6.45, 7) is 3.22. The summed E-state index contributed by atoms with van der Waals surface area (Å²) in [4.78, 5) is 25.9. The number of carboxylic acids is 1. The maximum Gasteiger partial charge on any atom is 0.326 e. The lowest BCUT2D eigenvalue weighted by molar-refractivity contribution is -0.141. The van der Waals surface area contributed by atoms with Crippen LogP contribution < -0.4 is 4.74 Å². The van der Waals surface area contributed by atoms with Crippen LogP contribution in [0.2, 0.25) is 0 Å². The normalized spacial score (nSPS) is 31.5. The quantitative estimate of drug-likeness (QED) is 0.565. The van der Waals surface area contributed by atoms with E-state index in [4.69, 9.17) is 4.74 Å². The number of hydrogen-bond acceptors (Lipinski definition) is 3. The van der Waals surface area contributed by atoms with Crippen molar-refractivity contribution < 1.29 is 23.8 Å². The number of nitrogens with zero attached hydrogens (tertiary/aromatic N) is 1. The van der Waals surface area contributed by atoms with Crippen LogP contribution in [-0.2, 0) is 4.79 Å². The monoisotopic (exact) mass is 457 g/mol. The van der Waals surface area contributed by atoms with Crippen molar-refractivity contribution in [2.24, 2.45) is 17.3 Å². The second-order valence-electron chi connectivity index (χ2n) is 11.1. The summed E-state index contributed by atoms with van der Waals surface area (Å²) in [6.07, 6.45) is 11.9. The van der Waals surface area contributed by atoms with Crippen molar-refractivity contribution in [1.82, 2.24) is 4.90 Å². The number of benzene rings is 1. The smallest absolute Gasteiger partial charge is 0.326 e. The Bertz CT molecular complexity index is 915. The molecule has 5 rings (SSSR count). The molecule has 4 fully saturated rings. The molecule has 4 aliphatic rings. The molecule has 3 aliphatic carbocycles. The van der Waals surface area contributed by atoms with Crippen LogP contribution in [0.1, 0.15) is 99.4 Å². The van der Waals surface area contributed by atoms with Crippen LogP contribution in [0.4, 0.5) is 4.39 Å². The van der Waals surface area contributed by atoms with Gasteiger partial charge in [0.15, 0.2) is 0 Å². The van der Waals surface area contributed by atoms with Crippen molar-refractivity contribution in [2.75, 3.05) is 13.2 Å². The van der Waals surface area contributed by atoms with E-state index in [-0.39, 0.29) is 11.0 Å². The SMILES string of the molecule is CCC1(COc2cc(F)c(C(=O)N3CCC[C@H]3C(=O)O)cc2C2CC2)CC2CCCC(C2)C1. The van der Waals surface area contributed by atoms with E-state index in [1.54, 1.807) is 6.07 Å². The molecule has 3 saturated carbocycles. The number of likely N-dealkylation sites (tertiary alicyclic amines) is 1. The van der Waals surface area contributed by atoms with Gasteiger partial charge in [-0.05, 0) is 80.8 Å². The zero-order valence-electron chi connectivity index (χ0n) is 19.7. The largest absolute Gasteiger partial charge is 0.493 e. The first-order chi connectivity index (χ1) is 15.9. The van der Waals surface area contributed by atoms with Gasteiger partial charge in [-0.15, -0.1) is 0 Å². The molecule has 1 aromatic rings. The van der Waals surface area contributed by atoms with E-state index in [2.05, 4.69) is 6.92 Å². The molecule has 33 heavy (non-hydrogen) atoms. The molecule has 0 radical (unpaired) electrons. The van der Waals surface area contributed by atoms with E-state index in [0.717, 1.165) is 36.7 Å². The highest BCUT2D eigenvalue weighted by atomic mass is 19.1. The molecule has 1 heterocycles. The van der Waals surface area contributed by atoms with E-state index in [9.17, 15) is 14.7 Å². The van der Waals surface area contributed by atoms with Crippen LogP contribution in [0.5, 0.6) is 5.75 Å². The van der Waals surface area contributed by atoms with Gasteiger partial charge in [0.1, 0.15) is 17.6 Å². The third kappa shape index (κ3) is 4.50. The van der Waals surface area contributed by atoms with E-state index < -0.39 is 23.7 Å². The molecular formula is C27H36FNO4. The summed E-state index contributed by atoms with van der Waals surface area (Å²) < 4.78 is 21.6. The third-order valence-electron chi connectivity index (χ3n) is 8.76. The minimum absolute atomic E-state index is 0.0187. The molecule has 1 amide bonds. The van der Waals surface area contributed by atoms with Gasteiger partial charge in [0.25, 0.3) is 5.91 Å². The molecule has 2 bridgehead atoms. The predicted molar refractivity (Wildman–Crippen MR) is 123 cm³/mol. The summed E-state index contributed by atoms with van der Waals surface area (Å²) in [6, 6.07) is 2.17. The lowest BCUT2D eigenvalue weighted by Crippen LogP contribution is -2.40.